The van der Waals surface area contributed by atoms with Gasteiger partial charge in [0.15, 0.2) is 0 Å². The second-order valence-corrected chi connectivity index (χ2v) is 6.47. The summed E-state index contributed by atoms with van der Waals surface area (Å²) in [6.07, 6.45) is 0.486. The molecule has 3 nitrogen and oxygen atoms in total. The zero-order valence-electron chi connectivity index (χ0n) is 13.5. The molecule has 3 rings (SSSR count). The van der Waals surface area contributed by atoms with E-state index in [9.17, 15) is 9.18 Å². The maximum atomic E-state index is 13.6. The Labute approximate surface area is 151 Å². The highest BCUT2D eigenvalue weighted by atomic mass is 32.1. The summed E-state index contributed by atoms with van der Waals surface area (Å²) in [6.45, 7) is 0.177. The summed E-state index contributed by atoms with van der Waals surface area (Å²) in [6, 6.07) is 18.2. The molecular formula is C20H18FNO2S. The first-order valence-electron chi connectivity index (χ1n) is 7.89. The lowest BCUT2D eigenvalue weighted by Crippen LogP contribution is -2.25. The van der Waals surface area contributed by atoms with Gasteiger partial charge in [-0.2, -0.15) is 12.6 Å². The highest BCUT2D eigenvalue weighted by molar-refractivity contribution is 7.81. The maximum absolute atomic E-state index is 13.6. The van der Waals surface area contributed by atoms with Crippen molar-refractivity contribution in [3.63, 3.8) is 0 Å². The molecule has 0 heterocycles. The largest absolute Gasteiger partial charge is 0.489 e. The Bertz CT molecular complexity index is 913. The zero-order chi connectivity index (χ0) is 17.8. The van der Waals surface area contributed by atoms with Crippen molar-refractivity contribution in [1.82, 2.24) is 0 Å². The van der Waals surface area contributed by atoms with Crippen molar-refractivity contribution in [3.8, 4) is 5.75 Å². The van der Waals surface area contributed by atoms with E-state index in [1.165, 1.54) is 6.07 Å². The maximum Gasteiger partial charge on any atom is 0.230 e. The molecule has 0 aliphatic carbocycles. The van der Waals surface area contributed by atoms with Crippen LogP contribution in [-0.2, 0) is 17.8 Å². The number of thiol groups is 1. The predicted molar refractivity (Wildman–Crippen MR) is 100 cm³/mol. The van der Waals surface area contributed by atoms with Gasteiger partial charge in [-0.1, -0.05) is 42.5 Å². The SMILES string of the molecule is NC(=O)C(S)Cc1ccc2cc(OCc3ccccc3F)ccc2c1. The van der Waals surface area contributed by atoms with Crippen LogP contribution in [0.25, 0.3) is 10.8 Å². The number of rotatable bonds is 6. The minimum absolute atomic E-state index is 0.177. The zero-order valence-corrected chi connectivity index (χ0v) is 14.4. The summed E-state index contributed by atoms with van der Waals surface area (Å²) in [4.78, 5) is 11.1. The van der Waals surface area contributed by atoms with Crippen LogP contribution in [-0.4, -0.2) is 11.2 Å². The van der Waals surface area contributed by atoms with Gasteiger partial charge in [0.2, 0.25) is 5.91 Å². The number of ether oxygens (including phenoxy) is 1. The van der Waals surface area contributed by atoms with E-state index in [4.69, 9.17) is 10.5 Å². The first-order chi connectivity index (χ1) is 12.0. The molecule has 0 fully saturated rings. The van der Waals surface area contributed by atoms with Gasteiger partial charge in [0.05, 0.1) is 5.25 Å². The van der Waals surface area contributed by atoms with Crippen molar-refractivity contribution in [1.29, 1.82) is 0 Å². The van der Waals surface area contributed by atoms with E-state index < -0.39 is 11.2 Å². The summed E-state index contributed by atoms with van der Waals surface area (Å²) in [5.41, 5.74) is 6.76. The lowest BCUT2D eigenvalue weighted by Gasteiger charge is -2.10. The van der Waals surface area contributed by atoms with Gasteiger partial charge < -0.3 is 10.5 Å². The molecule has 5 heteroatoms. The molecule has 1 amide bonds. The smallest absolute Gasteiger partial charge is 0.230 e. The molecule has 25 heavy (non-hydrogen) atoms. The summed E-state index contributed by atoms with van der Waals surface area (Å²) >= 11 is 4.19. The molecule has 0 saturated heterocycles. The number of benzene rings is 3. The van der Waals surface area contributed by atoms with E-state index in [-0.39, 0.29) is 12.4 Å². The Balaban J connectivity index is 1.74. The lowest BCUT2D eigenvalue weighted by atomic mass is 10.0. The van der Waals surface area contributed by atoms with E-state index in [1.807, 2.05) is 36.4 Å². The first-order valence-corrected chi connectivity index (χ1v) is 8.41. The van der Waals surface area contributed by atoms with Gasteiger partial charge in [-0.25, -0.2) is 4.39 Å². The Morgan fingerprint density at radius 3 is 2.56 bits per heavy atom. The van der Waals surface area contributed by atoms with Crippen LogP contribution < -0.4 is 10.5 Å². The first kappa shape index (κ1) is 17.3. The molecule has 0 bridgehead atoms. The fourth-order valence-corrected chi connectivity index (χ4v) is 2.80. The molecule has 3 aromatic carbocycles. The molecule has 0 aliphatic rings. The number of carbonyl (C=O) groups is 1. The highest BCUT2D eigenvalue weighted by Gasteiger charge is 2.11. The van der Waals surface area contributed by atoms with Crippen molar-refractivity contribution in [2.75, 3.05) is 0 Å². The van der Waals surface area contributed by atoms with E-state index >= 15 is 0 Å². The van der Waals surface area contributed by atoms with E-state index in [2.05, 4.69) is 12.6 Å². The average molecular weight is 355 g/mol. The summed E-state index contributed by atoms with van der Waals surface area (Å²) in [5, 5.41) is 1.53. The third kappa shape index (κ3) is 4.31. The van der Waals surface area contributed by atoms with Crippen LogP contribution in [0.2, 0.25) is 0 Å². The van der Waals surface area contributed by atoms with Gasteiger partial charge in [0.1, 0.15) is 18.2 Å². The standard InChI is InChI=1S/C20H18FNO2S/c21-18-4-2-1-3-16(18)12-24-17-8-7-14-9-13(5-6-15(14)11-17)10-19(25)20(22)23/h1-9,11,19,25H,10,12H2,(H2,22,23). The molecular weight excluding hydrogens is 337 g/mol. The van der Waals surface area contributed by atoms with E-state index in [0.29, 0.717) is 17.7 Å². The van der Waals surface area contributed by atoms with Gasteiger partial charge in [-0.15, -0.1) is 0 Å². The third-order valence-corrected chi connectivity index (χ3v) is 4.42. The van der Waals surface area contributed by atoms with Crippen LogP contribution in [0.15, 0.2) is 60.7 Å². The summed E-state index contributed by atoms with van der Waals surface area (Å²) < 4.78 is 19.3. The second-order valence-electron chi connectivity index (χ2n) is 5.85. The number of amides is 1. The average Bonchev–Trinajstić information content (AvgIpc) is 2.61. The number of nitrogens with two attached hydrogens (primary N) is 1. The molecule has 128 valence electrons. The van der Waals surface area contributed by atoms with Gasteiger partial charge >= 0.3 is 0 Å². The third-order valence-electron chi connectivity index (χ3n) is 3.99. The molecule has 0 saturated carbocycles. The molecule has 0 aliphatic heterocycles. The van der Waals surface area contributed by atoms with Crippen LogP contribution >= 0.6 is 12.6 Å². The van der Waals surface area contributed by atoms with Crippen LogP contribution in [0.4, 0.5) is 4.39 Å². The minimum atomic E-state index is -0.499. The van der Waals surface area contributed by atoms with E-state index in [0.717, 1.165) is 16.3 Å². The number of hydrogen-bond acceptors (Lipinski definition) is 3. The molecule has 1 atom stereocenters. The van der Waals surface area contributed by atoms with Gasteiger partial charge in [0.25, 0.3) is 0 Å². The molecule has 1 unspecified atom stereocenters. The monoisotopic (exact) mass is 355 g/mol. The molecule has 0 spiro atoms. The number of halogens is 1. The van der Waals surface area contributed by atoms with E-state index in [1.54, 1.807) is 18.2 Å². The van der Waals surface area contributed by atoms with Gasteiger partial charge in [0, 0.05) is 5.56 Å². The van der Waals surface area contributed by atoms with Crippen LogP contribution in [0.3, 0.4) is 0 Å². The van der Waals surface area contributed by atoms with Crippen LogP contribution in [0.5, 0.6) is 5.75 Å². The quantitative estimate of drug-likeness (QED) is 0.659. The van der Waals surface area contributed by atoms with Crippen LogP contribution in [0.1, 0.15) is 11.1 Å². The normalized spacial score (nSPS) is 12.1. The number of fused-ring (bicyclic) bond motifs is 1. The Morgan fingerprint density at radius 2 is 1.80 bits per heavy atom. The Morgan fingerprint density at radius 1 is 1.08 bits per heavy atom. The van der Waals surface area contributed by atoms with Crippen molar-refractivity contribution in [2.45, 2.75) is 18.3 Å². The Kier molecular flexibility index (Phi) is 5.24. The highest BCUT2D eigenvalue weighted by Crippen LogP contribution is 2.24. The molecule has 0 aromatic heterocycles. The van der Waals surface area contributed by atoms with Crippen LogP contribution in [0, 0.1) is 5.82 Å². The Hall–Kier alpha value is -2.53. The number of carbonyl (C=O) groups excluding carboxylic acids is 1. The van der Waals surface area contributed by atoms with Crippen molar-refractivity contribution in [3.05, 3.63) is 77.6 Å². The molecule has 2 N–H and O–H groups in total. The van der Waals surface area contributed by atoms with Gasteiger partial charge in [-0.05, 0) is 41.0 Å². The second kappa shape index (κ2) is 7.57. The summed E-state index contributed by atoms with van der Waals surface area (Å²) in [7, 11) is 0. The van der Waals surface area contributed by atoms with Crippen molar-refractivity contribution >= 4 is 29.3 Å². The topological polar surface area (TPSA) is 52.3 Å². The summed E-state index contributed by atoms with van der Waals surface area (Å²) in [5.74, 6) is -0.0308. The molecule has 3 aromatic rings. The number of primary amides is 1. The van der Waals surface area contributed by atoms with Crippen molar-refractivity contribution in [2.24, 2.45) is 5.73 Å². The van der Waals surface area contributed by atoms with Gasteiger partial charge in [-0.3, -0.25) is 4.79 Å². The molecule has 0 radical (unpaired) electrons. The lowest BCUT2D eigenvalue weighted by molar-refractivity contribution is -0.117. The fourth-order valence-electron chi connectivity index (χ4n) is 2.59. The number of hydrogen-bond donors (Lipinski definition) is 2. The fraction of sp³-hybridized carbons (Fsp3) is 0.150. The van der Waals surface area contributed by atoms with Crippen molar-refractivity contribution < 1.29 is 13.9 Å². The minimum Gasteiger partial charge on any atom is -0.489 e. The predicted octanol–water partition coefficient (Wildman–Crippen LogP) is 3.88.